The molecule has 90 valence electrons. The molecule has 1 N–H and O–H groups in total. The molecule has 1 spiro atoms. The number of hydrogen-bond acceptors (Lipinski definition) is 4. The molecule has 0 radical (unpaired) electrons. The van der Waals surface area contributed by atoms with Crippen molar-refractivity contribution in [1.82, 2.24) is 5.32 Å². The Labute approximate surface area is 104 Å². The summed E-state index contributed by atoms with van der Waals surface area (Å²) in [5.74, 6) is 0. The third-order valence-electron chi connectivity index (χ3n) is 3.62. The van der Waals surface area contributed by atoms with Crippen LogP contribution in [0.2, 0.25) is 0 Å². The molecule has 0 amide bonds. The van der Waals surface area contributed by atoms with Crippen molar-refractivity contribution in [1.29, 1.82) is 0 Å². The summed E-state index contributed by atoms with van der Waals surface area (Å²) in [6.45, 7) is 2.05. The molecule has 0 aliphatic carbocycles. The van der Waals surface area contributed by atoms with Crippen molar-refractivity contribution in [2.75, 3.05) is 13.1 Å². The van der Waals surface area contributed by atoms with Gasteiger partial charge in [0.25, 0.3) is 5.69 Å². The molecule has 1 saturated heterocycles. The Balaban J connectivity index is 1.97. The maximum Gasteiger partial charge on any atom is 0.283 e. The Bertz CT molecular complexity index is 470. The van der Waals surface area contributed by atoms with Crippen LogP contribution in [-0.2, 0) is 6.42 Å². The molecule has 2 aliphatic rings. The quantitative estimate of drug-likeness (QED) is 0.614. The van der Waals surface area contributed by atoms with Crippen molar-refractivity contribution in [3.8, 4) is 0 Å². The maximum atomic E-state index is 11.0. The normalized spacial score (nSPS) is 21.4. The lowest BCUT2D eigenvalue weighted by Gasteiger charge is -2.32. The molecule has 0 unspecified atom stereocenters. The lowest BCUT2D eigenvalue weighted by molar-refractivity contribution is -0.387. The molecular formula is C12H14N2O2S. The van der Waals surface area contributed by atoms with Crippen LogP contribution in [0.1, 0.15) is 18.4 Å². The average Bonchev–Trinajstić information content (AvgIpc) is 2.66. The van der Waals surface area contributed by atoms with Gasteiger partial charge in [-0.15, -0.1) is 11.8 Å². The van der Waals surface area contributed by atoms with Crippen LogP contribution in [-0.4, -0.2) is 22.8 Å². The number of benzene rings is 1. The zero-order valence-corrected chi connectivity index (χ0v) is 10.3. The van der Waals surface area contributed by atoms with Crippen LogP contribution in [0.3, 0.4) is 0 Å². The highest BCUT2D eigenvalue weighted by Gasteiger charge is 2.41. The molecule has 1 aromatic rings. The Kier molecular flexibility index (Phi) is 2.60. The SMILES string of the molecule is O=[N+]([O-])c1cccc2c1SC1(CCNCC1)C2. The number of rotatable bonds is 1. The molecule has 2 heterocycles. The fourth-order valence-corrected chi connectivity index (χ4v) is 4.32. The first-order valence-corrected chi connectivity index (χ1v) is 6.68. The van der Waals surface area contributed by atoms with E-state index in [9.17, 15) is 10.1 Å². The lowest BCUT2D eigenvalue weighted by atomic mass is 9.90. The fraction of sp³-hybridized carbons (Fsp3) is 0.500. The molecule has 1 fully saturated rings. The Morgan fingerprint density at radius 2 is 2.12 bits per heavy atom. The van der Waals surface area contributed by atoms with E-state index >= 15 is 0 Å². The van der Waals surface area contributed by atoms with Gasteiger partial charge in [-0.25, -0.2) is 0 Å². The Hall–Kier alpha value is -1.07. The number of nitro benzene ring substituents is 1. The molecular weight excluding hydrogens is 236 g/mol. The van der Waals surface area contributed by atoms with Crippen LogP contribution in [0.25, 0.3) is 0 Å². The second-order valence-electron chi connectivity index (χ2n) is 4.73. The van der Waals surface area contributed by atoms with E-state index in [-0.39, 0.29) is 15.4 Å². The standard InChI is InChI=1S/C12H14N2O2S/c15-14(16)10-3-1-2-9-8-12(17-11(9)10)4-6-13-7-5-12/h1-3,13H,4-8H2. The van der Waals surface area contributed by atoms with Crippen LogP contribution in [0.5, 0.6) is 0 Å². The van der Waals surface area contributed by atoms with Gasteiger partial charge in [0.2, 0.25) is 0 Å². The van der Waals surface area contributed by atoms with Gasteiger partial charge in [0.15, 0.2) is 0 Å². The van der Waals surface area contributed by atoms with Gasteiger partial charge in [0.1, 0.15) is 0 Å². The van der Waals surface area contributed by atoms with Crippen molar-refractivity contribution in [3.05, 3.63) is 33.9 Å². The second-order valence-corrected chi connectivity index (χ2v) is 6.21. The molecule has 17 heavy (non-hydrogen) atoms. The fourth-order valence-electron chi connectivity index (χ4n) is 2.73. The highest BCUT2D eigenvalue weighted by molar-refractivity contribution is 8.01. The molecule has 0 saturated carbocycles. The number of thioether (sulfide) groups is 1. The zero-order chi connectivity index (χ0) is 11.9. The summed E-state index contributed by atoms with van der Waals surface area (Å²) in [4.78, 5) is 11.7. The summed E-state index contributed by atoms with van der Waals surface area (Å²) in [5.41, 5.74) is 1.44. The minimum atomic E-state index is -0.258. The van der Waals surface area contributed by atoms with Gasteiger partial charge in [-0.05, 0) is 37.9 Å². The van der Waals surface area contributed by atoms with Crippen molar-refractivity contribution < 1.29 is 4.92 Å². The van der Waals surface area contributed by atoms with E-state index in [1.54, 1.807) is 23.9 Å². The van der Waals surface area contributed by atoms with E-state index < -0.39 is 0 Å². The molecule has 4 nitrogen and oxygen atoms in total. The molecule has 3 rings (SSSR count). The van der Waals surface area contributed by atoms with Crippen molar-refractivity contribution >= 4 is 17.4 Å². The van der Waals surface area contributed by atoms with Crippen LogP contribution >= 0.6 is 11.8 Å². The number of fused-ring (bicyclic) bond motifs is 1. The number of nitrogens with zero attached hydrogens (tertiary/aromatic N) is 1. The predicted molar refractivity (Wildman–Crippen MR) is 67.5 cm³/mol. The average molecular weight is 250 g/mol. The number of nitrogens with one attached hydrogen (secondary N) is 1. The summed E-state index contributed by atoms with van der Waals surface area (Å²) >= 11 is 1.73. The van der Waals surface area contributed by atoms with Gasteiger partial charge in [-0.2, -0.15) is 0 Å². The van der Waals surface area contributed by atoms with Gasteiger partial charge in [0.05, 0.1) is 9.82 Å². The topological polar surface area (TPSA) is 55.2 Å². The van der Waals surface area contributed by atoms with Crippen molar-refractivity contribution in [2.24, 2.45) is 0 Å². The first-order valence-electron chi connectivity index (χ1n) is 5.86. The highest BCUT2D eigenvalue weighted by Crippen LogP contribution is 2.52. The van der Waals surface area contributed by atoms with Crippen molar-refractivity contribution in [3.63, 3.8) is 0 Å². The van der Waals surface area contributed by atoms with Gasteiger partial charge in [0, 0.05) is 10.8 Å². The summed E-state index contributed by atoms with van der Waals surface area (Å²) < 4.78 is 0.208. The van der Waals surface area contributed by atoms with E-state index in [4.69, 9.17) is 0 Å². The summed E-state index contributed by atoms with van der Waals surface area (Å²) in [5, 5.41) is 14.4. The van der Waals surface area contributed by atoms with Crippen LogP contribution < -0.4 is 5.32 Å². The van der Waals surface area contributed by atoms with Gasteiger partial charge in [-0.1, -0.05) is 12.1 Å². The van der Waals surface area contributed by atoms with Gasteiger partial charge >= 0.3 is 0 Å². The third-order valence-corrected chi connectivity index (χ3v) is 5.28. The van der Waals surface area contributed by atoms with Crippen molar-refractivity contribution in [2.45, 2.75) is 28.9 Å². The van der Waals surface area contributed by atoms with Crippen LogP contribution in [0, 0.1) is 10.1 Å². The molecule has 0 atom stereocenters. The van der Waals surface area contributed by atoms with Crippen LogP contribution in [0.4, 0.5) is 5.69 Å². The van der Waals surface area contributed by atoms with Gasteiger partial charge in [-0.3, -0.25) is 10.1 Å². The minimum absolute atomic E-state index is 0.208. The minimum Gasteiger partial charge on any atom is -0.317 e. The first-order chi connectivity index (χ1) is 8.20. The number of piperidine rings is 1. The highest BCUT2D eigenvalue weighted by atomic mass is 32.2. The first kappa shape index (κ1) is 11.0. The van der Waals surface area contributed by atoms with E-state index in [1.807, 2.05) is 6.07 Å². The lowest BCUT2D eigenvalue weighted by Crippen LogP contribution is -2.39. The molecule has 0 aromatic heterocycles. The van der Waals surface area contributed by atoms with E-state index in [0.717, 1.165) is 42.8 Å². The predicted octanol–water partition coefficient (Wildman–Crippen LogP) is 2.37. The number of nitro groups is 1. The van der Waals surface area contributed by atoms with Crippen LogP contribution in [0.15, 0.2) is 23.1 Å². The maximum absolute atomic E-state index is 11.0. The zero-order valence-electron chi connectivity index (χ0n) is 9.44. The van der Waals surface area contributed by atoms with E-state index in [0.29, 0.717) is 0 Å². The van der Waals surface area contributed by atoms with Gasteiger partial charge < -0.3 is 5.32 Å². The molecule has 5 heteroatoms. The molecule has 0 bridgehead atoms. The van der Waals surface area contributed by atoms with E-state index in [2.05, 4.69) is 5.32 Å². The number of hydrogen-bond donors (Lipinski definition) is 1. The molecule has 2 aliphatic heterocycles. The summed E-state index contributed by atoms with van der Waals surface area (Å²) in [6.07, 6.45) is 3.18. The summed E-state index contributed by atoms with van der Waals surface area (Å²) in [6, 6.07) is 5.45. The largest absolute Gasteiger partial charge is 0.317 e. The third kappa shape index (κ3) is 1.83. The molecule has 1 aromatic carbocycles. The Morgan fingerprint density at radius 1 is 1.35 bits per heavy atom. The smallest absolute Gasteiger partial charge is 0.283 e. The summed E-state index contributed by atoms with van der Waals surface area (Å²) in [7, 11) is 0. The van der Waals surface area contributed by atoms with E-state index in [1.165, 1.54) is 0 Å². The Morgan fingerprint density at radius 3 is 2.82 bits per heavy atom. The monoisotopic (exact) mass is 250 g/mol. The second kappa shape index (κ2) is 3.99.